The lowest BCUT2D eigenvalue weighted by Gasteiger charge is -2.19. The summed E-state index contributed by atoms with van der Waals surface area (Å²) in [6.45, 7) is 10.3. The first-order valence-corrected chi connectivity index (χ1v) is 7.07. The number of rotatable bonds is 4. The van der Waals surface area contributed by atoms with Crippen LogP contribution in [-0.4, -0.2) is 17.8 Å². The Morgan fingerprint density at radius 3 is 2.18 bits per heavy atom. The topological polar surface area (TPSA) is 17.1 Å². The molecule has 1 aromatic carbocycles. The molecule has 92 valence electrons. The zero-order chi connectivity index (χ0) is 13.1. The third-order valence-corrected chi connectivity index (χ3v) is 3.29. The van der Waals surface area contributed by atoms with E-state index in [0.717, 1.165) is 5.56 Å². The summed E-state index contributed by atoms with van der Waals surface area (Å²) in [4.78, 5) is 12.0. The Bertz CT molecular complexity index is 410. The van der Waals surface area contributed by atoms with Crippen LogP contribution in [0.5, 0.6) is 0 Å². The second-order valence-corrected chi connectivity index (χ2v) is 6.06. The lowest BCUT2D eigenvalue weighted by molar-refractivity contribution is 0.103. The highest BCUT2D eigenvalue weighted by Crippen LogP contribution is 2.23. The van der Waals surface area contributed by atoms with Gasteiger partial charge in [-0.1, -0.05) is 51.6 Å². The molecule has 2 heteroatoms. The van der Waals surface area contributed by atoms with Crippen molar-refractivity contribution in [3.05, 3.63) is 47.5 Å². The predicted molar refractivity (Wildman–Crippen MR) is 77.0 cm³/mol. The van der Waals surface area contributed by atoms with Crippen molar-refractivity contribution in [3.8, 4) is 0 Å². The summed E-state index contributed by atoms with van der Waals surface area (Å²) in [5.41, 5.74) is 2.76. The van der Waals surface area contributed by atoms with Crippen LogP contribution in [0.3, 0.4) is 0 Å². The molecule has 0 aliphatic heterocycles. The molecule has 1 rings (SSSR count). The van der Waals surface area contributed by atoms with Crippen molar-refractivity contribution in [2.24, 2.45) is 0 Å². The second-order valence-electron chi connectivity index (χ2n) is 5.19. The van der Waals surface area contributed by atoms with E-state index in [1.54, 1.807) is 11.8 Å². The van der Waals surface area contributed by atoms with Crippen molar-refractivity contribution in [1.29, 1.82) is 0 Å². The fraction of sp³-hybridized carbons (Fsp3) is 0.400. The fourth-order valence-electron chi connectivity index (χ4n) is 1.57. The van der Waals surface area contributed by atoms with Crippen molar-refractivity contribution in [3.63, 3.8) is 0 Å². The van der Waals surface area contributed by atoms with Gasteiger partial charge in [0.05, 0.1) is 0 Å². The molecule has 0 amide bonds. The molecule has 0 N–H and O–H groups in total. The number of benzene rings is 1. The van der Waals surface area contributed by atoms with Crippen molar-refractivity contribution >= 4 is 17.5 Å². The van der Waals surface area contributed by atoms with Gasteiger partial charge in [-0.2, -0.15) is 11.8 Å². The van der Waals surface area contributed by atoms with E-state index in [2.05, 4.69) is 27.4 Å². The second kappa shape index (κ2) is 5.54. The minimum absolute atomic E-state index is 0.0554. The van der Waals surface area contributed by atoms with E-state index >= 15 is 0 Å². The van der Waals surface area contributed by atoms with E-state index in [1.165, 1.54) is 5.56 Å². The molecule has 0 aliphatic carbocycles. The largest absolute Gasteiger partial charge is 0.289 e. The van der Waals surface area contributed by atoms with Gasteiger partial charge in [0.2, 0.25) is 0 Å². The first-order valence-electron chi connectivity index (χ1n) is 5.68. The molecule has 0 bridgehead atoms. The van der Waals surface area contributed by atoms with E-state index in [1.807, 2.05) is 30.5 Å². The maximum absolute atomic E-state index is 12.0. The first-order chi connectivity index (χ1) is 7.86. The van der Waals surface area contributed by atoms with Gasteiger partial charge in [-0.25, -0.2) is 0 Å². The number of carbonyl (C=O) groups is 1. The van der Waals surface area contributed by atoms with Gasteiger partial charge in [-0.3, -0.25) is 4.79 Å². The van der Waals surface area contributed by atoms with E-state index in [-0.39, 0.29) is 11.2 Å². The Hall–Kier alpha value is -1.02. The van der Waals surface area contributed by atoms with Gasteiger partial charge >= 0.3 is 0 Å². The van der Waals surface area contributed by atoms with Crippen molar-refractivity contribution < 1.29 is 4.79 Å². The van der Waals surface area contributed by atoms with E-state index in [4.69, 9.17) is 0 Å². The summed E-state index contributed by atoms with van der Waals surface area (Å²) in [5, 5.41) is 0. The third-order valence-electron chi connectivity index (χ3n) is 2.65. The number of thioether (sulfide) groups is 1. The van der Waals surface area contributed by atoms with Crippen LogP contribution in [0.1, 0.15) is 36.7 Å². The molecule has 17 heavy (non-hydrogen) atoms. The highest BCUT2D eigenvalue weighted by Gasteiger charge is 2.15. The molecular weight excluding hydrogens is 228 g/mol. The summed E-state index contributed by atoms with van der Waals surface area (Å²) >= 11 is 1.62. The van der Waals surface area contributed by atoms with Crippen LogP contribution < -0.4 is 0 Å². The summed E-state index contributed by atoms with van der Waals surface area (Å²) in [6, 6.07) is 7.85. The third kappa shape index (κ3) is 3.74. The molecule has 0 saturated heterocycles. The monoisotopic (exact) mass is 248 g/mol. The van der Waals surface area contributed by atoms with E-state index < -0.39 is 0 Å². The van der Waals surface area contributed by atoms with E-state index in [0.29, 0.717) is 11.3 Å². The molecule has 0 heterocycles. The van der Waals surface area contributed by atoms with Crippen LogP contribution in [0.25, 0.3) is 0 Å². The molecule has 0 unspecified atom stereocenters. The zero-order valence-corrected chi connectivity index (χ0v) is 11.9. The highest BCUT2D eigenvalue weighted by molar-refractivity contribution is 7.98. The lowest BCUT2D eigenvalue weighted by Crippen LogP contribution is -2.11. The minimum atomic E-state index is 0.0554. The van der Waals surface area contributed by atoms with Gasteiger partial charge in [-0.15, -0.1) is 0 Å². The smallest absolute Gasteiger partial charge is 0.189 e. The Morgan fingerprint density at radius 2 is 1.76 bits per heavy atom. The average molecular weight is 248 g/mol. The fourth-order valence-corrected chi connectivity index (χ4v) is 2.05. The van der Waals surface area contributed by atoms with Crippen LogP contribution in [0.4, 0.5) is 0 Å². The average Bonchev–Trinajstić information content (AvgIpc) is 2.27. The van der Waals surface area contributed by atoms with Gasteiger partial charge in [0.25, 0.3) is 0 Å². The first kappa shape index (κ1) is 14.0. The van der Waals surface area contributed by atoms with Gasteiger partial charge in [0, 0.05) is 16.9 Å². The van der Waals surface area contributed by atoms with E-state index in [9.17, 15) is 4.79 Å². The standard InChI is InChI=1S/C15H20OS/c1-11(10-17-5)14(16)12-6-8-13(9-7-12)15(2,3)4/h6-9H,1,10H2,2-5H3. The normalized spacial score (nSPS) is 11.3. The minimum Gasteiger partial charge on any atom is -0.289 e. The van der Waals surface area contributed by atoms with Gasteiger partial charge in [-0.05, 0) is 17.2 Å². The molecular formula is C15H20OS. The number of hydrogen-bond donors (Lipinski definition) is 0. The number of hydrogen-bond acceptors (Lipinski definition) is 2. The molecule has 0 fully saturated rings. The molecule has 1 nitrogen and oxygen atoms in total. The van der Waals surface area contributed by atoms with Crippen molar-refractivity contribution in [2.45, 2.75) is 26.2 Å². The number of carbonyl (C=O) groups excluding carboxylic acids is 1. The Kier molecular flexibility index (Phi) is 4.58. The zero-order valence-electron chi connectivity index (χ0n) is 11.0. The lowest BCUT2D eigenvalue weighted by atomic mass is 9.86. The Morgan fingerprint density at radius 1 is 1.24 bits per heavy atom. The maximum Gasteiger partial charge on any atom is 0.189 e. The van der Waals surface area contributed by atoms with Crippen LogP contribution >= 0.6 is 11.8 Å². The van der Waals surface area contributed by atoms with Gasteiger partial charge < -0.3 is 0 Å². The molecule has 0 spiro atoms. The maximum atomic E-state index is 12.0. The summed E-state index contributed by atoms with van der Waals surface area (Å²) in [5.74, 6) is 0.750. The SMILES string of the molecule is C=C(CSC)C(=O)c1ccc(C(C)(C)C)cc1. The van der Waals surface area contributed by atoms with Crippen molar-refractivity contribution in [1.82, 2.24) is 0 Å². The van der Waals surface area contributed by atoms with Crippen molar-refractivity contribution in [2.75, 3.05) is 12.0 Å². The quantitative estimate of drug-likeness (QED) is 0.590. The van der Waals surface area contributed by atoms with Crippen LogP contribution in [0.2, 0.25) is 0 Å². The van der Waals surface area contributed by atoms with Crippen LogP contribution in [0, 0.1) is 0 Å². The molecule has 1 aromatic rings. The highest BCUT2D eigenvalue weighted by atomic mass is 32.2. The Labute approximate surface area is 108 Å². The number of Topliss-reactive ketones (excluding diaryl/α,β-unsaturated/α-hetero) is 1. The molecule has 0 atom stereocenters. The molecule has 0 radical (unpaired) electrons. The van der Waals surface area contributed by atoms with Crippen LogP contribution in [-0.2, 0) is 5.41 Å². The summed E-state index contributed by atoms with van der Waals surface area (Å²) in [6.07, 6.45) is 1.97. The number of ketones is 1. The summed E-state index contributed by atoms with van der Waals surface area (Å²) < 4.78 is 0. The predicted octanol–water partition coefficient (Wildman–Crippen LogP) is 4.09. The van der Waals surface area contributed by atoms with Crippen LogP contribution in [0.15, 0.2) is 36.4 Å². The molecule has 0 aliphatic rings. The molecule has 0 saturated carbocycles. The summed E-state index contributed by atoms with van der Waals surface area (Å²) in [7, 11) is 0. The van der Waals surface area contributed by atoms with Gasteiger partial charge in [0.1, 0.15) is 0 Å². The van der Waals surface area contributed by atoms with Gasteiger partial charge in [0.15, 0.2) is 5.78 Å². The Balaban J connectivity index is 2.88. The molecule has 0 aromatic heterocycles.